The minimum absolute atomic E-state index is 0.0896. The number of alkyl halides is 3. The van der Waals surface area contributed by atoms with Gasteiger partial charge in [-0.1, -0.05) is 26.5 Å². The highest BCUT2D eigenvalue weighted by Gasteiger charge is 2.32. The molecule has 0 radical (unpaired) electrons. The van der Waals surface area contributed by atoms with Crippen molar-refractivity contribution in [3.05, 3.63) is 42.0 Å². The molecule has 0 saturated heterocycles. The number of nitrogens with two attached hydrogens (primary N) is 1. The molecule has 0 spiro atoms. The van der Waals surface area contributed by atoms with Crippen molar-refractivity contribution in [1.82, 2.24) is 4.90 Å². The van der Waals surface area contributed by atoms with Gasteiger partial charge in [0.25, 0.3) is 5.91 Å². The number of benzene rings is 1. The number of hydrogen-bond donors (Lipinski definition) is 1. The highest BCUT2D eigenvalue weighted by atomic mass is 19.4. The first kappa shape index (κ1) is 21.0. The molecule has 0 fully saturated rings. The van der Waals surface area contributed by atoms with Crippen molar-refractivity contribution in [3.63, 3.8) is 0 Å². The number of rotatable bonds is 8. The Morgan fingerprint density at radius 3 is 2.56 bits per heavy atom. The molecule has 1 amide bonds. The summed E-state index contributed by atoms with van der Waals surface area (Å²) in [5.41, 5.74) is 4.94. The second-order valence-corrected chi connectivity index (χ2v) is 6.23. The molecule has 2 N–H and O–H groups in total. The van der Waals surface area contributed by atoms with Crippen molar-refractivity contribution >= 4 is 5.91 Å². The molecule has 0 bridgehead atoms. The first-order chi connectivity index (χ1) is 11.6. The van der Waals surface area contributed by atoms with Crippen LogP contribution < -0.4 is 10.5 Å². The Balaban J connectivity index is 3.04. The smallest absolute Gasteiger partial charge is 0.416 e. The van der Waals surface area contributed by atoms with E-state index in [2.05, 4.69) is 6.58 Å². The zero-order valence-corrected chi connectivity index (χ0v) is 14.8. The summed E-state index contributed by atoms with van der Waals surface area (Å²) in [5, 5.41) is 0. The van der Waals surface area contributed by atoms with Crippen LogP contribution in [-0.4, -0.2) is 37.0 Å². The van der Waals surface area contributed by atoms with E-state index in [1.165, 1.54) is 18.0 Å². The number of carbonyl (C=O) groups is 1. The van der Waals surface area contributed by atoms with Crippen LogP contribution in [0.1, 0.15) is 36.2 Å². The molecular weight excluding hydrogens is 333 g/mol. The molecule has 0 saturated carbocycles. The molecule has 0 aliphatic heterocycles. The summed E-state index contributed by atoms with van der Waals surface area (Å²) in [5.74, 6) is -0.192. The summed E-state index contributed by atoms with van der Waals surface area (Å²) >= 11 is 0. The van der Waals surface area contributed by atoms with E-state index in [1.807, 2.05) is 13.8 Å². The second-order valence-electron chi connectivity index (χ2n) is 6.23. The Kier molecular flexibility index (Phi) is 7.48. The lowest BCUT2D eigenvalue weighted by molar-refractivity contribution is -0.137. The summed E-state index contributed by atoms with van der Waals surface area (Å²) in [7, 11) is 1.53. The number of nitrogens with zero attached hydrogens (tertiary/aromatic N) is 1. The van der Waals surface area contributed by atoms with Crippen LogP contribution in [0.3, 0.4) is 0 Å². The molecular formula is C18H25F3N2O2. The third kappa shape index (κ3) is 6.08. The number of hydrogen-bond acceptors (Lipinski definition) is 3. The molecule has 1 aromatic carbocycles. The number of carbonyl (C=O) groups excluding carboxylic acids is 1. The van der Waals surface area contributed by atoms with Gasteiger partial charge in [-0.25, -0.2) is 0 Å². The van der Waals surface area contributed by atoms with E-state index < -0.39 is 17.6 Å². The fourth-order valence-electron chi connectivity index (χ4n) is 2.13. The highest BCUT2D eigenvalue weighted by Crippen LogP contribution is 2.33. The molecule has 1 aromatic rings. The molecule has 0 aliphatic carbocycles. The highest BCUT2D eigenvalue weighted by molar-refractivity contribution is 5.97. The Labute approximate surface area is 146 Å². The lowest BCUT2D eigenvalue weighted by Gasteiger charge is -2.23. The SMILES string of the molecule is C=CCOc1ccc(C(F)(F)F)cc1C(=O)N(C)CCC(N)C(C)C. The van der Waals surface area contributed by atoms with Crippen molar-refractivity contribution in [1.29, 1.82) is 0 Å². The summed E-state index contributed by atoms with van der Waals surface area (Å²) in [6.45, 7) is 7.87. The van der Waals surface area contributed by atoms with Crippen LogP contribution in [-0.2, 0) is 6.18 Å². The molecule has 0 heterocycles. The average molecular weight is 358 g/mol. The maximum Gasteiger partial charge on any atom is 0.416 e. The standard InChI is InChI=1S/C18H25F3N2O2/c1-5-10-25-16-7-6-13(18(19,20)21)11-14(16)17(24)23(4)9-8-15(22)12(2)3/h5-7,11-12,15H,1,8-10,22H2,2-4H3. The Bertz CT molecular complexity index is 600. The summed E-state index contributed by atoms with van der Waals surface area (Å²) in [6, 6.07) is 2.78. The van der Waals surface area contributed by atoms with E-state index in [0.29, 0.717) is 13.0 Å². The molecule has 0 aliphatic rings. The predicted molar refractivity (Wildman–Crippen MR) is 91.5 cm³/mol. The van der Waals surface area contributed by atoms with Gasteiger partial charge in [0.1, 0.15) is 12.4 Å². The zero-order valence-electron chi connectivity index (χ0n) is 14.8. The Morgan fingerprint density at radius 1 is 1.40 bits per heavy atom. The van der Waals surface area contributed by atoms with Gasteiger partial charge in [-0.2, -0.15) is 13.2 Å². The second kappa shape index (κ2) is 8.89. The maximum atomic E-state index is 13.0. The normalized spacial score (nSPS) is 12.8. The topological polar surface area (TPSA) is 55.6 Å². The first-order valence-corrected chi connectivity index (χ1v) is 8.04. The number of halogens is 3. The van der Waals surface area contributed by atoms with Gasteiger partial charge in [0, 0.05) is 19.6 Å². The number of ether oxygens (including phenoxy) is 1. The van der Waals surface area contributed by atoms with Gasteiger partial charge in [0.05, 0.1) is 11.1 Å². The van der Waals surface area contributed by atoms with E-state index in [0.717, 1.165) is 18.2 Å². The number of amides is 1. The van der Waals surface area contributed by atoms with Gasteiger partial charge < -0.3 is 15.4 Å². The fraction of sp³-hybridized carbons (Fsp3) is 0.500. The summed E-state index contributed by atoms with van der Waals surface area (Å²) < 4.78 is 44.2. The summed E-state index contributed by atoms with van der Waals surface area (Å²) in [6.07, 6.45) is -2.52. The molecule has 4 nitrogen and oxygen atoms in total. The lowest BCUT2D eigenvalue weighted by atomic mass is 10.0. The molecule has 1 atom stereocenters. The van der Waals surface area contributed by atoms with Crippen molar-refractivity contribution < 1.29 is 22.7 Å². The molecule has 7 heteroatoms. The molecule has 0 aromatic heterocycles. The van der Waals surface area contributed by atoms with Crippen molar-refractivity contribution in [2.24, 2.45) is 11.7 Å². The lowest BCUT2D eigenvalue weighted by Crippen LogP contribution is -2.35. The van der Waals surface area contributed by atoms with Gasteiger partial charge in [-0.15, -0.1) is 0 Å². The first-order valence-electron chi connectivity index (χ1n) is 8.04. The monoisotopic (exact) mass is 358 g/mol. The molecule has 1 rings (SSSR count). The Hall–Kier alpha value is -2.02. The largest absolute Gasteiger partial charge is 0.489 e. The quantitative estimate of drug-likeness (QED) is 0.721. The van der Waals surface area contributed by atoms with E-state index in [9.17, 15) is 18.0 Å². The van der Waals surface area contributed by atoms with Crippen molar-refractivity contribution in [2.45, 2.75) is 32.5 Å². The van der Waals surface area contributed by atoms with Crippen LogP contribution in [0, 0.1) is 5.92 Å². The summed E-state index contributed by atoms with van der Waals surface area (Å²) in [4.78, 5) is 14.0. The fourth-order valence-corrected chi connectivity index (χ4v) is 2.13. The molecule has 140 valence electrons. The van der Waals surface area contributed by atoms with Crippen molar-refractivity contribution in [3.8, 4) is 5.75 Å². The van der Waals surface area contributed by atoms with Crippen LogP contribution in [0.2, 0.25) is 0 Å². The van der Waals surface area contributed by atoms with Crippen LogP contribution in [0.4, 0.5) is 13.2 Å². The molecule has 1 unspecified atom stereocenters. The van der Waals surface area contributed by atoms with E-state index in [4.69, 9.17) is 10.5 Å². The third-order valence-corrected chi connectivity index (χ3v) is 3.89. The minimum Gasteiger partial charge on any atom is -0.489 e. The van der Waals surface area contributed by atoms with Crippen molar-refractivity contribution in [2.75, 3.05) is 20.2 Å². The average Bonchev–Trinajstić information content (AvgIpc) is 2.55. The van der Waals surface area contributed by atoms with Crippen LogP contribution in [0.5, 0.6) is 5.75 Å². The predicted octanol–water partition coefficient (Wildman–Crippen LogP) is 3.72. The minimum atomic E-state index is -4.54. The van der Waals surface area contributed by atoms with Gasteiger partial charge >= 0.3 is 6.18 Å². The van der Waals surface area contributed by atoms with Gasteiger partial charge in [-0.05, 0) is 30.5 Å². The van der Waals surface area contributed by atoms with Gasteiger partial charge in [0.15, 0.2) is 0 Å². The van der Waals surface area contributed by atoms with E-state index in [-0.39, 0.29) is 29.9 Å². The maximum absolute atomic E-state index is 13.0. The molecule has 25 heavy (non-hydrogen) atoms. The van der Waals surface area contributed by atoms with Gasteiger partial charge in [0.2, 0.25) is 0 Å². The zero-order chi connectivity index (χ0) is 19.2. The van der Waals surface area contributed by atoms with Crippen LogP contribution in [0.15, 0.2) is 30.9 Å². The van der Waals surface area contributed by atoms with Crippen LogP contribution >= 0.6 is 0 Å². The third-order valence-electron chi connectivity index (χ3n) is 3.89. The van der Waals surface area contributed by atoms with Gasteiger partial charge in [-0.3, -0.25) is 4.79 Å². The van der Waals surface area contributed by atoms with E-state index >= 15 is 0 Å². The van der Waals surface area contributed by atoms with Crippen LogP contribution in [0.25, 0.3) is 0 Å². The van der Waals surface area contributed by atoms with E-state index in [1.54, 1.807) is 0 Å². The Morgan fingerprint density at radius 2 is 2.04 bits per heavy atom.